The Morgan fingerprint density at radius 1 is 1.15 bits per heavy atom. The number of benzene rings is 1. The van der Waals surface area contributed by atoms with Crippen LogP contribution in [0.1, 0.15) is 12.1 Å². The minimum atomic E-state index is -0.0261. The minimum Gasteiger partial charge on any atom is -0.381 e. The molecule has 26 heavy (non-hydrogen) atoms. The van der Waals surface area contributed by atoms with Crippen molar-refractivity contribution in [3.63, 3.8) is 0 Å². The number of anilines is 2. The molecule has 2 amide bonds. The summed E-state index contributed by atoms with van der Waals surface area (Å²) in [6.07, 6.45) is 2.84. The molecular formula is C20H24N4O2. The van der Waals surface area contributed by atoms with Gasteiger partial charge in [0.15, 0.2) is 0 Å². The lowest BCUT2D eigenvalue weighted by molar-refractivity contribution is 0.185. The van der Waals surface area contributed by atoms with E-state index in [1.165, 1.54) is 0 Å². The van der Waals surface area contributed by atoms with Crippen LogP contribution in [-0.4, -0.2) is 43.9 Å². The van der Waals surface area contributed by atoms with Gasteiger partial charge in [0.2, 0.25) is 0 Å². The third-order valence-corrected chi connectivity index (χ3v) is 5.00. The molecule has 0 unspecified atom stereocenters. The maximum absolute atomic E-state index is 12.7. The summed E-state index contributed by atoms with van der Waals surface area (Å²) in [6, 6.07) is 14.0. The molecule has 6 nitrogen and oxygen atoms in total. The highest BCUT2D eigenvalue weighted by Gasteiger charge is 2.27. The van der Waals surface area contributed by atoms with Crippen LogP contribution in [-0.2, 0) is 11.3 Å². The number of rotatable bonds is 4. The highest BCUT2D eigenvalue weighted by molar-refractivity contribution is 5.96. The Morgan fingerprint density at radius 2 is 2.00 bits per heavy atom. The Morgan fingerprint density at radius 3 is 2.77 bits per heavy atom. The number of carbonyl (C=O) groups is 1. The zero-order valence-corrected chi connectivity index (χ0v) is 14.8. The fourth-order valence-corrected chi connectivity index (χ4v) is 3.56. The van der Waals surface area contributed by atoms with E-state index < -0.39 is 0 Å². The summed E-state index contributed by atoms with van der Waals surface area (Å²) in [5.74, 6) is 0.430. The summed E-state index contributed by atoms with van der Waals surface area (Å²) in [7, 11) is 0. The first-order valence-corrected chi connectivity index (χ1v) is 9.18. The van der Waals surface area contributed by atoms with Crippen molar-refractivity contribution in [2.75, 3.05) is 42.6 Å². The number of nitrogens with zero attached hydrogens (tertiary/aromatic N) is 3. The number of hydrogen-bond donors (Lipinski definition) is 1. The predicted octanol–water partition coefficient (Wildman–Crippen LogP) is 2.65. The molecule has 0 radical (unpaired) electrons. The Kier molecular flexibility index (Phi) is 5.02. The molecule has 2 aliphatic rings. The SMILES string of the molecule is O=C(NC[C@@H]1CCOC1)N1CCN(Cc2ccccn2)c2ccccc21. The Balaban J connectivity index is 1.47. The van der Waals surface area contributed by atoms with Gasteiger partial charge in [0.1, 0.15) is 0 Å². The monoisotopic (exact) mass is 352 g/mol. The first kappa shape index (κ1) is 16.8. The lowest BCUT2D eigenvalue weighted by Gasteiger charge is -2.37. The number of pyridine rings is 1. The van der Waals surface area contributed by atoms with E-state index in [-0.39, 0.29) is 6.03 Å². The van der Waals surface area contributed by atoms with Gasteiger partial charge in [0.25, 0.3) is 0 Å². The molecule has 0 aliphatic carbocycles. The van der Waals surface area contributed by atoms with Crippen molar-refractivity contribution in [1.82, 2.24) is 10.3 Å². The summed E-state index contributed by atoms with van der Waals surface area (Å²) in [5, 5.41) is 3.08. The quantitative estimate of drug-likeness (QED) is 0.919. The standard InChI is InChI=1S/C20H24N4O2/c25-20(22-13-16-8-12-26-15-16)24-11-10-23(14-17-5-3-4-9-21-17)18-6-1-2-7-19(18)24/h1-7,9,16H,8,10-15H2,(H,22,25)/t16-/m0/s1. The van der Waals surface area contributed by atoms with Gasteiger partial charge in [-0.3, -0.25) is 9.88 Å². The number of ether oxygens (including phenoxy) is 1. The van der Waals surface area contributed by atoms with E-state index in [1.54, 1.807) is 0 Å². The van der Waals surface area contributed by atoms with E-state index in [0.29, 0.717) is 19.0 Å². The molecule has 136 valence electrons. The molecule has 2 aromatic rings. The van der Waals surface area contributed by atoms with Crippen molar-refractivity contribution in [3.8, 4) is 0 Å². The zero-order chi connectivity index (χ0) is 17.8. The minimum absolute atomic E-state index is 0.0261. The Bertz CT molecular complexity index is 746. The van der Waals surface area contributed by atoms with Crippen LogP contribution >= 0.6 is 0 Å². The smallest absolute Gasteiger partial charge is 0.322 e. The van der Waals surface area contributed by atoms with Crippen molar-refractivity contribution >= 4 is 17.4 Å². The number of urea groups is 1. The lowest BCUT2D eigenvalue weighted by Crippen LogP contribution is -2.48. The van der Waals surface area contributed by atoms with Gasteiger partial charge >= 0.3 is 6.03 Å². The number of fused-ring (bicyclic) bond motifs is 1. The molecule has 6 heteroatoms. The lowest BCUT2D eigenvalue weighted by atomic mass is 10.1. The van der Waals surface area contributed by atoms with Gasteiger partial charge in [-0.25, -0.2) is 4.79 Å². The van der Waals surface area contributed by atoms with Crippen molar-refractivity contribution in [2.24, 2.45) is 5.92 Å². The number of amides is 2. The van der Waals surface area contributed by atoms with E-state index in [1.807, 2.05) is 47.5 Å². The first-order chi connectivity index (χ1) is 12.8. The fourth-order valence-electron chi connectivity index (χ4n) is 3.56. The van der Waals surface area contributed by atoms with Gasteiger partial charge < -0.3 is 15.0 Å². The second-order valence-electron chi connectivity index (χ2n) is 6.80. The van der Waals surface area contributed by atoms with Crippen LogP contribution in [0.4, 0.5) is 16.2 Å². The van der Waals surface area contributed by atoms with Gasteiger partial charge in [0, 0.05) is 38.4 Å². The molecule has 1 atom stereocenters. The van der Waals surface area contributed by atoms with Crippen LogP contribution in [0.5, 0.6) is 0 Å². The molecule has 1 N–H and O–H groups in total. The van der Waals surface area contributed by atoms with Gasteiger partial charge in [-0.2, -0.15) is 0 Å². The highest BCUT2D eigenvalue weighted by atomic mass is 16.5. The number of nitrogens with one attached hydrogen (secondary N) is 1. The molecule has 3 heterocycles. The molecular weight excluding hydrogens is 328 g/mol. The average molecular weight is 352 g/mol. The van der Waals surface area contributed by atoms with Crippen molar-refractivity contribution < 1.29 is 9.53 Å². The molecule has 1 fully saturated rings. The molecule has 0 spiro atoms. The molecule has 1 aromatic carbocycles. The predicted molar refractivity (Wildman–Crippen MR) is 101 cm³/mol. The molecule has 4 rings (SSSR count). The zero-order valence-electron chi connectivity index (χ0n) is 14.8. The number of aromatic nitrogens is 1. The second-order valence-corrected chi connectivity index (χ2v) is 6.80. The van der Waals surface area contributed by atoms with Crippen molar-refractivity contribution in [1.29, 1.82) is 0 Å². The first-order valence-electron chi connectivity index (χ1n) is 9.18. The highest BCUT2D eigenvalue weighted by Crippen LogP contribution is 2.33. The van der Waals surface area contributed by atoms with Crippen LogP contribution in [0.25, 0.3) is 0 Å². The molecule has 0 bridgehead atoms. The van der Waals surface area contributed by atoms with Crippen LogP contribution in [0.2, 0.25) is 0 Å². The third-order valence-electron chi connectivity index (χ3n) is 5.00. The summed E-state index contributed by atoms with van der Waals surface area (Å²) in [5.41, 5.74) is 3.06. The van der Waals surface area contributed by atoms with E-state index in [4.69, 9.17) is 4.74 Å². The van der Waals surface area contributed by atoms with E-state index in [9.17, 15) is 4.79 Å². The maximum atomic E-state index is 12.7. The second kappa shape index (κ2) is 7.74. The summed E-state index contributed by atoms with van der Waals surface area (Å²) in [6.45, 7) is 4.41. The van der Waals surface area contributed by atoms with Crippen molar-refractivity contribution in [3.05, 3.63) is 54.4 Å². The van der Waals surface area contributed by atoms with Crippen LogP contribution in [0, 0.1) is 5.92 Å². The Labute approximate surface area is 153 Å². The summed E-state index contributed by atoms with van der Waals surface area (Å²) < 4.78 is 5.38. The normalized spacial score (nSPS) is 19.3. The van der Waals surface area contributed by atoms with E-state index in [2.05, 4.69) is 21.3 Å². The molecule has 1 saturated heterocycles. The van der Waals surface area contributed by atoms with Crippen molar-refractivity contribution in [2.45, 2.75) is 13.0 Å². The average Bonchev–Trinajstić information content (AvgIpc) is 3.21. The molecule has 1 aromatic heterocycles. The van der Waals surface area contributed by atoms with E-state index >= 15 is 0 Å². The topological polar surface area (TPSA) is 57.7 Å². The third kappa shape index (κ3) is 3.65. The van der Waals surface area contributed by atoms with Crippen LogP contribution in [0.3, 0.4) is 0 Å². The summed E-state index contributed by atoms with van der Waals surface area (Å²) in [4.78, 5) is 21.3. The van der Waals surface area contributed by atoms with Gasteiger partial charge in [0.05, 0.1) is 30.2 Å². The fraction of sp³-hybridized carbons (Fsp3) is 0.400. The molecule has 0 saturated carbocycles. The van der Waals surface area contributed by atoms with Gasteiger partial charge in [-0.15, -0.1) is 0 Å². The summed E-state index contributed by atoms with van der Waals surface area (Å²) >= 11 is 0. The van der Waals surface area contributed by atoms with E-state index in [0.717, 1.165) is 49.8 Å². The number of para-hydroxylation sites is 2. The van der Waals surface area contributed by atoms with Crippen LogP contribution < -0.4 is 15.1 Å². The molecule has 2 aliphatic heterocycles. The Hall–Kier alpha value is -2.60. The maximum Gasteiger partial charge on any atom is 0.322 e. The van der Waals surface area contributed by atoms with Crippen LogP contribution in [0.15, 0.2) is 48.7 Å². The largest absolute Gasteiger partial charge is 0.381 e. The number of hydrogen-bond acceptors (Lipinski definition) is 4. The number of carbonyl (C=O) groups excluding carboxylic acids is 1. The van der Waals surface area contributed by atoms with Gasteiger partial charge in [-0.1, -0.05) is 18.2 Å². The van der Waals surface area contributed by atoms with Gasteiger partial charge in [-0.05, 0) is 30.7 Å².